The van der Waals surface area contributed by atoms with Crippen LogP contribution in [-0.4, -0.2) is 63.5 Å². The third kappa shape index (κ3) is 5.73. The minimum atomic E-state index is -3.33. The summed E-state index contributed by atoms with van der Waals surface area (Å²) in [5.74, 6) is 0.881. The molecule has 0 radical (unpaired) electrons. The van der Waals surface area contributed by atoms with Gasteiger partial charge in [-0.1, -0.05) is 12.1 Å². The van der Waals surface area contributed by atoms with Gasteiger partial charge in [-0.05, 0) is 50.9 Å². The molecule has 24 heavy (non-hydrogen) atoms. The molecule has 0 unspecified atom stereocenters. The Hall–Kier alpha value is -1.15. The summed E-state index contributed by atoms with van der Waals surface area (Å²) in [7, 11) is -1.66. The number of rotatable bonds is 8. The molecular weight excluding hydrogens is 326 g/mol. The predicted molar refractivity (Wildman–Crippen MR) is 96.5 cm³/mol. The van der Waals surface area contributed by atoms with E-state index in [0.717, 1.165) is 38.2 Å². The van der Waals surface area contributed by atoms with Crippen LogP contribution < -0.4 is 9.46 Å². The molecule has 1 N–H and O–H groups in total. The van der Waals surface area contributed by atoms with Crippen molar-refractivity contribution in [2.75, 3.05) is 39.8 Å². The molecule has 7 heteroatoms. The molecule has 1 fully saturated rings. The molecule has 0 aromatic heterocycles. The Kier molecular flexibility index (Phi) is 7.03. The van der Waals surface area contributed by atoms with Crippen molar-refractivity contribution in [1.29, 1.82) is 0 Å². The van der Waals surface area contributed by atoms with E-state index in [1.54, 1.807) is 11.4 Å². The standard InChI is InChI=1S/C17H29N3O3S/c1-15(2)18-24(21,22)20-13-11-19(12-14-20)10-4-5-16-6-8-17(23-3)9-7-16/h6-9,15,18H,4-5,10-14H2,1-3H3. The van der Waals surface area contributed by atoms with Crippen molar-refractivity contribution >= 4 is 10.2 Å². The van der Waals surface area contributed by atoms with Gasteiger partial charge in [0.15, 0.2) is 0 Å². The summed E-state index contributed by atoms with van der Waals surface area (Å²) < 4.78 is 33.6. The predicted octanol–water partition coefficient (Wildman–Crippen LogP) is 1.49. The van der Waals surface area contributed by atoms with Gasteiger partial charge in [0.25, 0.3) is 10.2 Å². The summed E-state index contributed by atoms with van der Waals surface area (Å²) in [6, 6.07) is 8.10. The van der Waals surface area contributed by atoms with Gasteiger partial charge < -0.3 is 9.64 Å². The van der Waals surface area contributed by atoms with Crippen LogP contribution in [0, 0.1) is 0 Å². The fourth-order valence-electron chi connectivity index (χ4n) is 2.86. The fourth-order valence-corrected chi connectivity index (χ4v) is 4.25. The first-order valence-electron chi connectivity index (χ1n) is 8.53. The number of hydrogen-bond donors (Lipinski definition) is 1. The average molecular weight is 356 g/mol. The molecule has 0 saturated carbocycles. The summed E-state index contributed by atoms with van der Waals surface area (Å²) in [4.78, 5) is 2.34. The largest absolute Gasteiger partial charge is 0.497 e. The normalized spacial score (nSPS) is 17.3. The van der Waals surface area contributed by atoms with Crippen molar-refractivity contribution in [3.05, 3.63) is 29.8 Å². The summed E-state index contributed by atoms with van der Waals surface area (Å²) in [6.45, 7) is 7.38. The van der Waals surface area contributed by atoms with Crippen molar-refractivity contribution in [3.8, 4) is 5.75 Å². The van der Waals surface area contributed by atoms with E-state index in [0.29, 0.717) is 13.1 Å². The second kappa shape index (κ2) is 8.80. The molecule has 1 saturated heterocycles. The fraction of sp³-hybridized carbons (Fsp3) is 0.647. The van der Waals surface area contributed by atoms with Gasteiger partial charge in [-0.3, -0.25) is 0 Å². The third-order valence-electron chi connectivity index (χ3n) is 4.15. The van der Waals surface area contributed by atoms with Crippen LogP contribution in [0.15, 0.2) is 24.3 Å². The smallest absolute Gasteiger partial charge is 0.279 e. The molecule has 0 atom stereocenters. The Morgan fingerprint density at radius 3 is 2.29 bits per heavy atom. The Balaban J connectivity index is 1.71. The number of nitrogens with zero attached hydrogens (tertiary/aromatic N) is 2. The van der Waals surface area contributed by atoms with Gasteiger partial charge in [0.05, 0.1) is 7.11 Å². The van der Waals surface area contributed by atoms with E-state index in [1.807, 2.05) is 26.0 Å². The topological polar surface area (TPSA) is 61.9 Å². The summed E-state index contributed by atoms with van der Waals surface area (Å²) >= 11 is 0. The van der Waals surface area contributed by atoms with Crippen LogP contribution in [0.4, 0.5) is 0 Å². The zero-order valence-electron chi connectivity index (χ0n) is 14.9. The molecule has 1 aromatic rings. The lowest BCUT2D eigenvalue weighted by molar-refractivity contribution is 0.185. The minimum Gasteiger partial charge on any atom is -0.497 e. The third-order valence-corrected chi connectivity index (χ3v) is 5.97. The molecular formula is C17H29N3O3S. The van der Waals surface area contributed by atoms with Gasteiger partial charge in [0, 0.05) is 32.2 Å². The van der Waals surface area contributed by atoms with Crippen LogP contribution in [0.5, 0.6) is 5.75 Å². The van der Waals surface area contributed by atoms with Crippen molar-refractivity contribution in [2.45, 2.75) is 32.7 Å². The van der Waals surface area contributed by atoms with E-state index >= 15 is 0 Å². The number of nitrogens with one attached hydrogen (secondary N) is 1. The van der Waals surface area contributed by atoms with Gasteiger partial charge in [-0.25, -0.2) is 0 Å². The van der Waals surface area contributed by atoms with Crippen LogP contribution >= 0.6 is 0 Å². The van der Waals surface area contributed by atoms with Crippen LogP contribution in [0.1, 0.15) is 25.8 Å². The first-order chi connectivity index (χ1) is 11.4. The van der Waals surface area contributed by atoms with Gasteiger partial charge in [0.2, 0.25) is 0 Å². The SMILES string of the molecule is COc1ccc(CCCN2CCN(S(=O)(=O)NC(C)C)CC2)cc1. The van der Waals surface area contributed by atoms with Crippen molar-refractivity contribution in [2.24, 2.45) is 0 Å². The van der Waals surface area contributed by atoms with Crippen LogP contribution in [0.2, 0.25) is 0 Å². The maximum absolute atomic E-state index is 12.1. The minimum absolute atomic E-state index is 0.0717. The van der Waals surface area contributed by atoms with Gasteiger partial charge in [-0.15, -0.1) is 0 Å². The second-order valence-corrected chi connectivity index (χ2v) is 8.17. The number of ether oxygens (including phenoxy) is 1. The Bertz CT molecular complexity index is 594. The molecule has 6 nitrogen and oxygen atoms in total. The summed E-state index contributed by atoms with van der Waals surface area (Å²) in [5.41, 5.74) is 1.30. The van der Waals surface area contributed by atoms with E-state index in [1.165, 1.54) is 5.56 Å². The Morgan fingerprint density at radius 2 is 1.75 bits per heavy atom. The maximum atomic E-state index is 12.1. The summed E-state index contributed by atoms with van der Waals surface area (Å²) in [6.07, 6.45) is 2.10. The highest BCUT2D eigenvalue weighted by Gasteiger charge is 2.26. The highest BCUT2D eigenvalue weighted by Crippen LogP contribution is 2.13. The second-order valence-electron chi connectivity index (χ2n) is 6.47. The van der Waals surface area contributed by atoms with Crippen LogP contribution in [0.25, 0.3) is 0 Å². The lowest BCUT2D eigenvalue weighted by Crippen LogP contribution is -2.53. The Morgan fingerprint density at radius 1 is 1.12 bits per heavy atom. The molecule has 0 aliphatic carbocycles. The molecule has 1 aliphatic rings. The molecule has 0 amide bonds. The number of hydrogen-bond acceptors (Lipinski definition) is 4. The van der Waals surface area contributed by atoms with Crippen LogP contribution in [0.3, 0.4) is 0 Å². The lowest BCUT2D eigenvalue weighted by atomic mass is 10.1. The van der Waals surface area contributed by atoms with E-state index < -0.39 is 10.2 Å². The zero-order chi connectivity index (χ0) is 17.6. The number of methoxy groups -OCH3 is 1. The highest BCUT2D eigenvalue weighted by atomic mass is 32.2. The molecule has 1 heterocycles. The van der Waals surface area contributed by atoms with Crippen molar-refractivity contribution in [3.63, 3.8) is 0 Å². The first kappa shape index (κ1) is 19.2. The van der Waals surface area contributed by atoms with E-state index in [4.69, 9.17) is 4.74 Å². The lowest BCUT2D eigenvalue weighted by Gasteiger charge is -2.34. The van der Waals surface area contributed by atoms with E-state index in [9.17, 15) is 8.42 Å². The quantitative estimate of drug-likeness (QED) is 0.767. The van der Waals surface area contributed by atoms with Gasteiger partial charge in [-0.2, -0.15) is 17.4 Å². The van der Waals surface area contributed by atoms with E-state index in [-0.39, 0.29) is 6.04 Å². The van der Waals surface area contributed by atoms with E-state index in [2.05, 4.69) is 21.8 Å². The summed E-state index contributed by atoms with van der Waals surface area (Å²) in [5, 5.41) is 0. The monoisotopic (exact) mass is 355 g/mol. The maximum Gasteiger partial charge on any atom is 0.279 e. The number of aryl methyl sites for hydroxylation is 1. The number of piperazine rings is 1. The molecule has 2 rings (SSSR count). The Labute approximate surface area is 146 Å². The molecule has 0 bridgehead atoms. The van der Waals surface area contributed by atoms with Crippen LogP contribution in [-0.2, 0) is 16.6 Å². The first-order valence-corrected chi connectivity index (χ1v) is 9.97. The van der Waals surface area contributed by atoms with Gasteiger partial charge in [0.1, 0.15) is 5.75 Å². The zero-order valence-corrected chi connectivity index (χ0v) is 15.7. The molecule has 1 aromatic carbocycles. The average Bonchev–Trinajstić information content (AvgIpc) is 2.55. The van der Waals surface area contributed by atoms with Gasteiger partial charge >= 0.3 is 0 Å². The molecule has 1 aliphatic heterocycles. The highest BCUT2D eigenvalue weighted by molar-refractivity contribution is 7.87. The van der Waals surface area contributed by atoms with Crippen molar-refractivity contribution < 1.29 is 13.2 Å². The number of benzene rings is 1. The molecule has 0 spiro atoms. The molecule has 136 valence electrons. The van der Waals surface area contributed by atoms with Crippen molar-refractivity contribution in [1.82, 2.24) is 13.9 Å².